The third-order valence-corrected chi connectivity index (χ3v) is 8.45. The third kappa shape index (κ3) is 16.4. The Bertz CT molecular complexity index is 1440. The van der Waals surface area contributed by atoms with Crippen LogP contribution in [0.25, 0.3) is 12.2 Å². The van der Waals surface area contributed by atoms with Gasteiger partial charge in [0.2, 0.25) is 0 Å². The first kappa shape index (κ1) is 42.4. The van der Waals surface area contributed by atoms with Crippen molar-refractivity contribution >= 4 is 24.1 Å². The monoisotopic (exact) mass is 750 g/mol. The molecule has 0 saturated carbocycles. The Labute approximate surface area is 318 Å². The highest BCUT2D eigenvalue weighted by Crippen LogP contribution is 2.31. The number of carbonyl (C=O) groups is 2. The molecule has 12 heteroatoms. The van der Waals surface area contributed by atoms with Gasteiger partial charge in [-0.2, -0.15) is 0 Å². The van der Waals surface area contributed by atoms with Crippen LogP contribution in [0.4, 0.5) is 0 Å². The van der Waals surface area contributed by atoms with Crippen molar-refractivity contribution in [2.75, 3.05) is 52.9 Å². The molecule has 12 nitrogen and oxygen atoms in total. The van der Waals surface area contributed by atoms with E-state index in [0.29, 0.717) is 33.0 Å². The SMILES string of the molecule is C=CCOOCCCCCCOc1ccc(C=CCOOC2COC3C(OC(=O)C=Cc4ccc(OCCCCCCOC(=O)C=C)cc4)COC23)cc1. The molecule has 4 unspecified atom stereocenters. The fourth-order valence-corrected chi connectivity index (χ4v) is 5.61. The molecule has 2 saturated heterocycles. The number of hydrogen-bond donors (Lipinski definition) is 0. The van der Waals surface area contributed by atoms with Gasteiger partial charge >= 0.3 is 11.9 Å². The predicted octanol–water partition coefficient (Wildman–Crippen LogP) is 7.18. The number of rotatable bonds is 28. The molecule has 0 amide bonds. The van der Waals surface area contributed by atoms with Crippen LogP contribution in [0, 0.1) is 0 Å². The van der Waals surface area contributed by atoms with E-state index in [2.05, 4.69) is 13.2 Å². The molecule has 0 aliphatic carbocycles. The summed E-state index contributed by atoms with van der Waals surface area (Å²) in [6.45, 7) is 10.3. The van der Waals surface area contributed by atoms with Crippen molar-refractivity contribution in [2.24, 2.45) is 0 Å². The van der Waals surface area contributed by atoms with Gasteiger partial charge in [-0.05, 0) is 86.4 Å². The molecule has 0 spiro atoms. The van der Waals surface area contributed by atoms with E-state index in [1.807, 2.05) is 60.7 Å². The zero-order chi connectivity index (χ0) is 38.1. The Morgan fingerprint density at radius 1 is 0.630 bits per heavy atom. The summed E-state index contributed by atoms with van der Waals surface area (Å²) in [6, 6.07) is 15.3. The van der Waals surface area contributed by atoms with Gasteiger partial charge in [-0.1, -0.05) is 55.5 Å². The first-order valence-electron chi connectivity index (χ1n) is 18.7. The summed E-state index contributed by atoms with van der Waals surface area (Å²) in [6.07, 6.45) is 15.6. The average Bonchev–Trinajstić information content (AvgIpc) is 3.79. The Morgan fingerprint density at radius 3 is 1.83 bits per heavy atom. The van der Waals surface area contributed by atoms with Crippen LogP contribution in [0.5, 0.6) is 11.5 Å². The number of benzene rings is 2. The van der Waals surface area contributed by atoms with Crippen LogP contribution in [-0.4, -0.2) is 89.2 Å². The van der Waals surface area contributed by atoms with E-state index in [4.69, 9.17) is 48.0 Å². The lowest BCUT2D eigenvalue weighted by Gasteiger charge is -2.16. The highest BCUT2D eigenvalue weighted by molar-refractivity contribution is 5.87. The molecule has 2 aromatic rings. The standard InChI is InChI=1S/C42H54O12/c1-3-25-50-51-29-12-8-7-10-27-45-35-20-15-33(16-21-35)14-13-30-52-54-38-32-49-41-37(31-48-42(38)41)53-40(44)24-19-34-17-22-36(23-18-34)46-26-9-5-6-11-28-47-39(43)4-2/h3-4,13-24,37-38,41-42H,1-2,5-12,25-32H2. The molecule has 0 radical (unpaired) electrons. The minimum Gasteiger partial charge on any atom is -0.494 e. The summed E-state index contributed by atoms with van der Waals surface area (Å²) in [5.74, 6) is 0.711. The van der Waals surface area contributed by atoms with E-state index >= 15 is 0 Å². The maximum absolute atomic E-state index is 12.6. The molecule has 0 aromatic heterocycles. The summed E-state index contributed by atoms with van der Waals surface area (Å²) in [5.41, 5.74) is 1.85. The van der Waals surface area contributed by atoms with Gasteiger partial charge in [0, 0.05) is 12.2 Å². The molecule has 2 heterocycles. The lowest BCUT2D eigenvalue weighted by Crippen LogP contribution is -2.34. The lowest BCUT2D eigenvalue weighted by atomic mass is 10.1. The molecule has 0 bridgehead atoms. The van der Waals surface area contributed by atoms with Crippen LogP contribution >= 0.6 is 0 Å². The highest BCUT2D eigenvalue weighted by Gasteiger charge is 2.50. The number of hydrogen-bond acceptors (Lipinski definition) is 12. The number of fused-ring (bicyclic) bond motifs is 1. The molecule has 2 aliphatic heterocycles. The van der Waals surface area contributed by atoms with E-state index in [-0.39, 0.29) is 25.8 Å². The lowest BCUT2D eigenvalue weighted by molar-refractivity contribution is -0.326. The summed E-state index contributed by atoms with van der Waals surface area (Å²) in [7, 11) is 0. The van der Waals surface area contributed by atoms with Crippen molar-refractivity contribution in [1.82, 2.24) is 0 Å². The van der Waals surface area contributed by atoms with Crippen molar-refractivity contribution in [2.45, 2.75) is 75.8 Å². The van der Waals surface area contributed by atoms with Gasteiger partial charge < -0.3 is 28.4 Å². The summed E-state index contributed by atoms with van der Waals surface area (Å²) < 4.78 is 33.9. The van der Waals surface area contributed by atoms with E-state index in [1.165, 1.54) is 12.2 Å². The minimum atomic E-state index is -0.543. The average molecular weight is 751 g/mol. The minimum absolute atomic E-state index is 0.213. The van der Waals surface area contributed by atoms with Gasteiger partial charge in [0.25, 0.3) is 0 Å². The number of ether oxygens (including phenoxy) is 6. The largest absolute Gasteiger partial charge is 0.494 e. The van der Waals surface area contributed by atoms with Gasteiger partial charge in [0.1, 0.15) is 43.0 Å². The Balaban J connectivity index is 1.03. The molecule has 4 atom stereocenters. The summed E-state index contributed by atoms with van der Waals surface area (Å²) in [4.78, 5) is 44.5. The van der Waals surface area contributed by atoms with Gasteiger partial charge in [0.15, 0.2) is 6.10 Å². The van der Waals surface area contributed by atoms with Crippen molar-refractivity contribution in [3.63, 3.8) is 0 Å². The van der Waals surface area contributed by atoms with Crippen LogP contribution in [0.15, 0.2) is 86.0 Å². The number of unbranched alkanes of at least 4 members (excludes halogenated alkanes) is 6. The van der Waals surface area contributed by atoms with Crippen LogP contribution < -0.4 is 9.47 Å². The molecule has 0 N–H and O–H groups in total. The molecule has 2 fully saturated rings. The Hall–Kier alpha value is -4.30. The number of carbonyl (C=O) groups excluding carboxylic acids is 2. The van der Waals surface area contributed by atoms with Crippen molar-refractivity contribution in [3.8, 4) is 11.5 Å². The van der Waals surface area contributed by atoms with Crippen LogP contribution in [0.2, 0.25) is 0 Å². The summed E-state index contributed by atoms with van der Waals surface area (Å²) in [5, 5.41) is 0. The first-order chi connectivity index (χ1) is 26.6. The molecular formula is C42H54O12. The Kier molecular flexibility index (Phi) is 20.2. The van der Waals surface area contributed by atoms with Gasteiger partial charge in [-0.15, -0.1) is 6.58 Å². The maximum atomic E-state index is 12.6. The van der Waals surface area contributed by atoms with Crippen LogP contribution in [-0.2, 0) is 48.1 Å². The third-order valence-electron chi connectivity index (χ3n) is 8.45. The number of esters is 2. The molecule has 4 rings (SSSR count). The van der Waals surface area contributed by atoms with Crippen molar-refractivity contribution in [1.29, 1.82) is 0 Å². The second-order valence-corrected chi connectivity index (χ2v) is 12.7. The smallest absolute Gasteiger partial charge is 0.331 e. The molecule has 54 heavy (non-hydrogen) atoms. The quantitative estimate of drug-likeness (QED) is 0.0218. The molecule has 2 aliphatic rings. The Morgan fingerprint density at radius 2 is 1.20 bits per heavy atom. The van der Waals surface area contributed by atoms with E-state index in [9.17, 15) is 9.59 Å². The van der Waals surface area contributed by atoms with E-state index in [1.54, 1.807) is 12.2 Å². The van der Waals surface area contributed by atoms with E-state index < -0.39 is 30.4 Å². The topological polar surface area (TPSA) is 126 Å². The second kappa shape index (κ2) is 25.7. The van der Waals surface area contributed by atoms with Crippen molar-refractivity contribution in [3.05, 3.63) is 97.1 Å². The maximum Gasteiger partial charge on any atom is 0.331 e. The zero-order valence-corrected chi connectivity index (χ0v) is 31.0. The van der Waals surface area contributed by atoms with Crippen LogP contribution in [0.1, 0.15) is 62.5 Å². The van der Waals surface area contributed by atoms with Crippen molar-refractivity contribution < 1.29 is 57.6 Å². The highest BCUT2D eigenvalue weighted by atomic mass is 17.2. The fraction of sp³-hybridized carbons (Fsp3) is 0.476. The molecule has 2 aromatic carbocycles. The fourth-order valence-electron chi connectivity index (χ4n) is 5.61. The van der Waals surface area contributed by atoms with Gasteiger partial charge in [-0.25, -0.2) is 29.1 Å². The van der Waals surface area contributed by atoms with Crippen LogP contribution in [0.3, 0.4) is 0 Å². The molecule has 294 valence electrons. The normalized spacial score (nSPS) is 19.2. The first-order valence-corrected chi connectivity index (χ1v) is 18.7. The zero-order valence-electron chi connectivity index (χ0n) is 31.0. The summed E-state index contributed by atoms with van der Waals surface area (Å²) >= 11 is 0. The van der Waals surface area contributed by atoms with E-state index in [0.717, 1.165) is 74.0 Å². The van der Waals surface area contributed by atoms with Gasteiger partial charge in [-0.3, -0.25) is 0 Å². The predicted molar refractivity (Wildman–Crippen MR) is 202 cm³/mol. The van der Waals surface area contributed by atoms with Gasteiger partial charge in [0.05, 0.1) is 39.6 Å². The second-order valence-electron chi connectivity index (χ2n) is 12.7. The molecular weight excluding hydrogens is 696 g/mol.